The fraction of sp³-hybridized carbons (Fsp3) is 0.160. The van der Waals surface area contributed by atoms with Gasteiger partial charge in [0.1, 0.15) is 12.9 Å². The van der Waals surface area contributed by atoms with E-state index in [1.807, 2.05) is 55.5 Å². The minimum absolute atomic E-state index is 0.288. The van der Waals surface area contributed by atoms with E-state index in [2.05, 4.69) is 15.3 Å². The second-order valence-corrected chi connectivity index (χ2v) is 9.44. The second-order valence-electron chi connectivity index (χ2n) is 7.25. The Labute approximate surface area is 222 Å². The van der Waals surface area contributed by atoms with E-state index in [1.165, 1.54) is 11.8 Å². The van der Waals surface area contributed by atoms with Crippen LogP contribution in [0.5, 0.6) is 11.5 Å². The standard InChI is InChI=1S/C25H21Cl3N4O2S/c1-2-33-24-11-17(7-10-23(24)34-14-18-8-9-20(26)12-22(18)28)13-30-32-16-29-31-25(32)35-15-19-5-3-4-6-21(19)27/h3-13,16H,2,14-15H2,1H3/b30-13+. The molecule has 4 aromatic rings. The van der Waals surface area contributed by atoms with Crippen molar-refractivity contribution >= 4 is 52.8 Å². The molecule has 0 fully saturated rings. The molecule has 0 aliphatic heterocycles. The molecule has 0 unspecified atom stereocenters. The molecule has 0 spiro atoms. The van der Waals surface area contributed by atoms with Crippen LogP contribution in [0, 0.1) is 0 Å². The summed E-state index contributed by atoms with van der Waals surface area (Å²) in [7, 11) is 0. The number of hydrogen-bond donors (Lipinski definition) is 0. The van der Waals surface area contributed by atoms with Gasteiger partial charge in [-0.15, -0.1) is 10.2 Å². The van der Waals surface area contributed by atoms with Gasteiger partial charge in [-0.1, -0.05) is 70.8 Å². The quantitative estimate of drug-likeness (QED) is 0.153. The lowest BCUT2D eigenvalue weighted by Gasteiger charge is -2.13. The number of ether oxygens (including phenoxy) is 2. The first-order valence-electron chi connectivity index (χ1n) is 10.7. The van der Waals surface area contributed by atoms with Crippen molar-refractivity contribution in [1.82, 2.24) is 14.9 Å². The van der Waals surface area contributed by atoms with Crippen LogP contribution in [0.2, 0.25) is 15.1 Å². The lowest BCUT2D eigenvalue weighted by molar-refractivity contribution is 0.269. The molecule has 0 radical (unpaired) electrons. The van der Waals surface area contributed by atoms with Gasteiger partial charge >= 0.3 is 0 Å². The summed E-state index contributed by atoms with van der Waals surface area (Å²) < 4.78 is 13.4. The third-order valence-electron chi connectivity index (χ3n) is 4.81. The smallest absolute Gasteiger partial charge is 0.212 e. The molecule has 0 bridgehead atoms. The fourth-order valence-electron chi connectivity index (χ4n) is 3.07. The maximum absolute atomic E-state index is 6.26. The van der Waals surface area contributed by atoms with Crippen molar-refractivity contribution in [2.24, 2.45) is 5.10 Å². The Morgan fingerprint density at radius 2 is 1.80 bits per heavy atom. The van der Waals surface area contributed by atoms with E-state index in [1.54, 1.807) is 29.4 Å². The van der Waals surface area contributed by atoms with Crippen LogP contribution in [0.15, 0.2) is 77.2 Å². The zero-order valence-corrected chi connectivity index (χ0v) is 21.8. The van der Waals surface area contributed by atoms with E-state index in [4.69, 9.17) is 44.3 Å². The predicted octanol–water partition coefficient (Wildman–Crippen LogP) is 7.39. The van der Waals surface area contributed by atoms with E-state index in [9.17, 15) is 0 Å². The zero-order valence-electron chi connectivity index (χ0n) is 18.7. The SMILES string of the molecule is CCOc1cc(/C=N/n2cnnc2SCc2ccccc2Cl)ccc1OCc1ccc(Cl)cc1Cl. The third-order valence-corrected chi connectivity index (χ3v) is 6.75. The van der Waals surface area contributed by atoms with Gasteiger partial charge in [-0.05, 0) is 54.4 Å². The number of benzene rings is 3. The van der Waals surface area contributed by atoms with Crippen molar-refractivity contribution in [3.63, 3.8) is 0 Å². The van der Waals surface area contributed by atoms with Crippen LogP contribution < -0.4 is 9.47 Å². The highest BCUT2D eigenvalue weighted by Crippen LogP contribution is 2.30. The summed E-state index contributed by atoms with van der Waals surface area (Å²) in [5.41, 5.74) is 2.69. The largest absolute Gasteiger partial charge is 0.490 e. The Morgan fingerprint density at radius 3 is 2.60 bits per heavy atom. The van der Waals surface area contributed by atoms with E-state index < -0.39 is 0 Å². The molecular formula is C25H21Cl3N4O2S. The van der Waals surface area contributed by atoms with Gasteiger partial charge in [0.15, 0.2) is 11.5 Å². The Morgan fingerprint density at radius 1 is 0.943 bits per heavy atom. The molecule has 1 heterocycles. The summed E-state index contributed by atoms with van der Waals surface area (Å²) in [6, 6.07) is 18.6. The van der Waals surface area contributed by atoms with Crippen LogP contribution in [0.3, 0.4) is 0 Å². The molecule has 6 nitrogen and oxygen atoms in total. The van der Waals surface area contributed by atoms with Gasteiger partial charge in [-0.2, -0.15) is 9.78 Å². The highest BCUT2D eigenvalue weighted by Gasteiger charge is 2.10. The predicted molar refractivity (Wildman–Crippen MR) is 142 cm³/mol. The average molecular weight is 548 g/mol. The van der Waals surface area contributed by atoms with Gasteiger partial charge < -0.3 is 9.47 Å². The van der Waals surface area contributed by atoms with Gasteiger partial charge in [0.05, 0.1) is 12.8 Å². The van der Waals surface area contributed by atoms with Crippen molar-refractivity contribution in [2.75, 3.05) is 6.61 Å². The number of nitrogens with zero attached hydrogens (tertiary/aromatic N) is 4. The van der Waals surface area contributed by atoms with Crippen LogP contribution in [-0.2, 0) is 12.4 Å². The maximum atomic E-state index is 6.26. The number of hydrogen-bond acceptors (Lipinski definition) is 6. The Hall–Kier alpha value is -2.71. The second kappa shape index (κ2) is 12.3. The first-order chi connectivity index (χ1) is 17.0. The summed E-state index contributed by atoms with van der Waals surface area (Å²) in [4.78, 5) is 0. The Kier molecular flexibility index (Phi) is 8.93. The van der Waals surface area contributed by atoms with Crippen LogP contribution in [0.1, 0.15) is 23.6 Å². The van der Waals surface area contributed by atoms with Gasteiger partial charge in [-0.3, -0.25) is 0 Å². The minimum Gasteiger partial charge on any atom is -0.490 e. The Balaban J connectivity index is 1.45. The molecule has 0 N–H and O–H groups in total. The van der Waals surface area contributed by atoms with Crippen molar-refractivity contribution in [3.8, 4) is 11.5 Å². The summed E-state index contributed by atoms with van der Waals surface area (Å²) in [5.74, 6) is 1.88. The average Bonchev–Trinajstić information content (AvgIpc) is 3.30. The highest BCUT2D eigenvalue weighted by molar-refractivity contribution is 7.98. The summed E-state index contributed by atoms with van der Waals surface area (Å²) in [5, 5.41) is 15.1. The van der Waals surface area contributed by atoms with Crippen LogP contribution >= 0.6 is 46.6 Å². The first-order valence-corrected chi connectivity index (χ1v) is 12.8. The number of thioether (sulfide) groups is 1. The zero-order chi connectivity index (χ0) is 24.6. The Bertz CT molecular complexity index is 1330. The van der Waals surface area contributed by atoms with Gasteiger partial charge in [0.25, 0.3) is 0 Å². The molecule has 35 heavy (non-hydrogen) atoms. The molecule has 180 valence electrons. The molecule has 4 rings (SSSR count). The molecule has 0 aliphatic carbocycles. The van der Waals surface area contributed by atoms with Crippen molar-refractivity contribution in [2.45, 2.75) is 24.4 Å². The van der Waals surface area contributed by atoms with Crippen LogP contribution in [0.4, 0.5) is 0 Å². The first kappa shape index (κ1) is 25.4. The molecule has 0 atom stereocenters. The molecule has 10 heteroatoms. The normalized spacial score (nSPS) is 11.2. The van der Waals surface area contributed by atoms with E-state index in [0.717, 1.165) is 21.7 Å². The van der Waals surface area contributed by atoms with Crippen molar-refractivity contribution < 1.29 is 9.47 Å². The molecule has 0 amide bonds. The number of rotatable bonds is 10. The topological polar surface area (TPSA) is 61.5 Å². The summed E-state index contributed by atoms with van der Waals surface area (Å²) >= 11 is 20.0. The molecule has 1 aromatic heterocycles. The molecule has 0 saturated carbocycles. The highest BCUT2D eigenvalue weighted by atomic mass is 35.5. The van der Waals surface area contributed by atoms with Crippen LogP contribution in [-0.4, -0.2) is 27.7 Å². The lowest BCUT2D eigenvalue weighted by atomic mass is 10.2. The van der Waals surface area contributed by atoms with E-state index >= 15 is 0 Å². The van der Waals surface area contributed by atoms with Gasteiger partial charge in [-0.25, -0.2) is 0 Å². The molecule has 0 saturated heterocycles. The minimum atomic E-state index is 0.288. The summed E-state index contributed by atoms with van der Waals surface area (Å²) in [6.45, 7) is 2.70. The van der Waals surface area contributed by atoms with Gasteiger partial charge in [0.2, 0.25) is 5.16 Å². The molecular weight excluding hydrogens is 527 g/mol. The van der Waals surface area contributed by atoms with E-state index in [-0.39, 0.29) is 6.61 Å². The van der Waals surface area contributed by atoms with Gasteiger partial charge in [0, 0.05) is 26.4 Å². The third kappa shape index (κ3) is 6.92. The van der Waals surface area contributed by atoms with Crippen molar-refractivity contribution in [1.29, 1.82) is 0 Å². The number of aromatic nitrogens is 3. The summed E-state index contributed by atoms with van der Waals surface area (Å²) in [6.07, 6.45) is 3.27. The monoisotopic (exact) mass is 546 g/mol. The number of halogens is 3. The fourth-order valence-corrected chi connectivity index (χ4v) is 4.68. The van der Waals surface area contributed by atoms with E-state index in [0.29, 0.717) is 39.1 Å². The maximum Gasteiger partial charge on any atom is 0.212 e. The molecule has 0 aliphatic rings. The van der Waals surface area contributed by atoms with Crippen LogP contribution in [0.25, 0.3) is 0 Å². The molecule has 3 aromatic carbocycles. The lowest BCUT2D eigenvalue weighted by Crippen LogP contribution is -2.01. The van der Waals surface area contributed by atoms with Crippen molar-refractivity contribution in [3.05, 3.63) is 98.7 Å².